The highest BCUT2D eigenvalue weighted by atomic mass is 32.2. The van der Waals surface area contributed by atoms with Gasteiger partial charge in [-0.2, -0.15) is 0 Å². The molecule has 1 unspecified atom stereocenters. The number of thioether (sulfide) groups is 1. The zero-order valence-corrected chi connectivity index (χ0v) is 16.5. The molecule has 1 aromatic carbocycles. The van der Waals surface area contributed by atoms with Crippen molar-refractivity contribution in [2.45, 2.75) is 38.1 Å². The normalized spacial score (nSPS) is 12.0. The quantitative estimate of drug-likeness (QED) is 0.642. The summed E-state index contributed by atoms with van der Waals surface area (Å²) in [6, 6.07) is 7.86. The van der Waals surface area contributed by atoms with Crippen molar-refractivity contribution in [1.82, 2.24) is 15.5 Å². The Morgan fingerprint density at radius 2 is 2.04 bits per heavy atom. The van der Waals surface area contributed by atoms with Gasteiger partial charge in [-0.1, -0.05) is 49.1 Å². The molecule has 136 valence electrons. The lowest BCUT2D eigenvalue weighted by Gasteiger charge is -2.16. The van der Waals surface area contributed by atoms with Crippen LogP contribution >= 0.6 is 23.1 Å². The van der Waals surface area contributed by atoms with Gasteiger partial charge in [-0.25, -0.2) is 0 Å². The van der Waals surface area contributed by atoms with Crippen LogP contribution in [0.4, 0.5) is 10.8 Å². The van der Waals surface area contributed by atoms with E-state index in [1.165, 1.54) is 23.1 Å². The summed E-state index contributed by atoms with van der Waals surface area (Å²) in [5.41, 5.74) is 0.848. The fourth-order valence-electron chi connectivity index (χ4n) is 1.87. The van der Waals surface area contributed by atoms with Gasteiger partial charge in [0.25, 0.3) is 0 Å². The van der Waals surface area contributed by atoms with E-state index < -0.39 is 0 Å². The van der Waals surface area contributed by atoms with E-state index >= 15 is 0 Å². The predicted molar refractivity (Wildman–Crippen MR) is 104 cm³/mol. The molecule has 1 atom stereocenters. The van der Waals surface area contributed by atoms with E-state index in [9.17, 15) is 4.79 Å². The number of benzene rings is 1. The Labute approximate surface area is 156 Å². The zero-order valence-electron chi connectivity index (χ0n) is 14.9. The standard InChI is InChI=1S/C17H24N4O2S2/c1-5-23-14-9-7-6-8-13(14)19-16-20-21-17(25-16)24-10-15(22)18-12(4)11(2)3/h6-9,11-12H,5,10H2,1-4H3,(H,18,22)(H,19,20). The first kappa shape index (κ1) is 19.5. The van der Waals surface area contributed by atoms with Crippen LogP contribution in [0.15, 0.2) is 28.6 Å². The van der Waals surface area contributed by atoms with Crippen molar-refractivity contribution < 1.29 is 9.53 Å². The second-order valence-electron chi connectivity index (χ2n) is 5.82. The zero-order chi connectivity index (χ0) is 18.2. The lowest BCUT2D eigenvalue weighted by molar-refractivity contribution is -0.119. The summed E-state index contributed by atoms with van der Waals surface area (Å²) in [4.78, 5) is 11.9. The van der Waals surface area contributed by atoms with Crippen LogP contribution in [0.2, 0.25) is 0 Å². The van der Waals surface area contributed by atoms with E-state index in [1.54, 1.807) is 0 Å². The Hall–Kier alpha value is -1.80. The van der Waals surface area contributed by atoms with Crippen LogP contribution in [0.1, 0.15) is 27.7 Å². The molecule has 0 saturated heterocycles. The average molecular weight is 381 g/mol. The molecule has 0 radical (unpaired) electrons. The van der Waals surface area contributed by atoms with Gasteiger partial charge in [0.05, 0.1) is 18.0 Å². The topological polar surface area (TPSA) is 76.1 Å². The first-order valence-electron chi connectivity index (χ1n) is 8.24. The number of aromatic nitrogens is 2. The smallest absolute Gasteiger partial charge is 0.230 e. The van der Waals surface area contributed by atoms with E-state index in [-0.39, 0.29) is 11.9 Å². The third kappa shape index (κ3) is 6.21. The molecular weight excluding hydrogens is 356 g/mol. The first-order chi connectivity index (χ1) is 12.0. The SMILES string of the molecule is CCOc1ccccc1Nc1nnc(SCC(=O)NC(C)C(C)C)s1. The lowest BCUT2D eigenvalue weighted by Crippen LogP contribution is -2.37. The van der Waals surface area contributed by atoms with Crippen molar-refractivity contribution in [1.29, 1.82) is 0 Å². The minimum absolute atomic E-state index is 0.0117. The largest absolute Gasteiger partial charge is 0.492 e. The van der Waals surface area contributed by atoms with Crippen LogP contribution in [0.3, 0.4) is 0 Å². The number of anilines is 2. The van der Waals surface area contributed by atoms with Crippen LogP contribution in [0, 0.1) is 5.92 Å². The molecule has 8 heteroatoms. The molecule has 0 fully saturated rings. The van der Waals surface area contributed by atoms with E-state index in [4.69, 9.17) is 4.74 Å². The molecule has 25 heavy (non-hydrogen) atoms. The third-order valence-corrected chi connectivity index (χ3v) is 5.52. The fraction of sp³-hybridized carbons (Fsp3) is 0.471. The molecule has 2 aromatic rings. The number of amides is 1. The van der Waals surface area contributed by atoms with Gasteiger partial charge >= 0.3 is 0 Å². The Bertz CT molecular complexity index is 691. The minimum atomic E-state index is 0.0117. The number of hydrogen-bond acceptors (Lipinski definition) is 7. The maximum absolute atomic E-state index is 11.9. The highest BCUT2D eigenvalue weighted by Gasteiger charge is 2.13. The second-order valence-corrected chi connectivity index (χ2v) is 8.02. The summed E-state index contributed by atoms with van der Waals surface area (Å²) in [5, 5.41) is 15.1. The summed E-state index contributed by atoms with van der Waals surface area (Å²) in [6.45, 7) is 8.72. The molecule has 0 spiro atoms. The van der Waals surface area contributed by atoms with Crippen molar-refractivity contribution in [3.8, 4) is 5.75 Å². The fourth-order valence-corrected chi connectivity index (χ4v) is 3.45. The molecule has 2 N–H and O–H groups in total. The number of ether oxygens (including phenoxy) is 1. The number of carbonyl (C=O) groups excluding carboxylic acids is 1. The number of nitrogens with one attached hydrogen (secondary N) is 2. The Kier molecular flexibility index (Phi) is 7.52. The summed E-state index contributed by atoms with van der Waals surface area (Å²) < 4.78 is 6.34. The molecule has 0 aliphatic carbocycles. The molecular formula is C17H24N4O2S2. The maximum Gasteiger partial charge on any atom is 0.230 e. The number of rotatable bonds is 9. The van der Waals surface area contributed by atoms with Gasteiger partial charge in [-0.15, -0.1) is 10.2 Å². The van der Waals surface area contributed by atoms with Crippen molar-refractivity contribution >= 4 is 39.8 Å². The van der Waals surface area contributed by atoms with Gasteiger partial charge < -0.3 is 15.4 Å². The highest BCUT2D eigenvalue weighted by Crippen LogP contribution is 2.31. The Morgan fingerprint density at radius 3 is 2.76 bits per heavy atom. The van der Waals surface area contributed by atoms with E-state index in [0.717, 1.165) is 15.8 Å². The number of nitrogens with zero attached hydrogens (tertiary/aromatic N) is 2. The van der Waals surface area contributed by atoms with Gasteiger partial charge in [0, 0.05) is 6.04 Å². The molecule has 2 rings (SSSR count). The molecule has 0 bridgehead atoms. The predicted octanol–water partition coefficient (Wildman–Crippen LogP) is 3.93. The number of para-hydroxylation sites is 2. The van der Waals surface area contributed by atoms with Crippen LogP contribution in [0.25, 0.3) is 0 Å². The van der Waals surface area contributed by atoms with E-state index in [2.05, 4.69) is 34.7 Å². The second kappa shape index (κ2) is 9.62. The summed E-state index contributed by atoms with van der Waals surface area (Å²) in [7, 11) is 0. The third-order valence-electron chi connectivity index (χ3n) is 3.55. The average Bonchev–Trinajstić information content (AvgIpc) is 3.02. The van der Waals surface area contributed by atoms with E-state index in [0.29, 0.717) is 23.4 Å². The molecule has 1 aromatic heterocycles. The van der Waals surface area contributed by atoms with Crippen LogP contribution in [0.5, 0.6) is 5.75 Å². The monoisotopic (exact) mass is 380 g/mol. The molecule has 1 heterocycles. The minimum Gasteiger partial charge on any atom is -0.492 e. The van der Waals surface area contributed by atoms with Gasteiger partial charge in [-0.05, 0) is 31.9 Å². The highest BCUT2D eigenvalue weighted by molar-refractivity contribution is 8.01. The molecule has 6 nitrogen and oxygen atoms in total. The van der Waals surface area contributed by atoms with E-state index in [1.807, 2.05) is 38.1 Å². The summed E-state index contributed by atoms with van der Waals surface area (Å²) in [5.74, 6) is 1.53. The molecule has 0 aliphatic rings. The van der Waals surface area contributed by atoms with Crippen molar-refractivity contribution in [2.24, 2.45) is 5.92 Å². The Balaban J connectivity index is 1.89. The summed E-state index contributed by atoms with van der Waals surface area (Å²) in [6.07, 6.45) is 0. The van der Waals surface area contributed by atoms with Crippen LogP contribution < -0.4 is 15.4 Å². The van der Waals surface area contributed by atoms with Gasteiger partial charge in [0.1, 0.15) is 5.75 Å². The van der Waals surface area contributed by atoms with Crippen molar-refractivity contribution in [3.05, 3.63) is 24.3 Å². The van der Waals surface area contributed by atoms with Gasteiger partial charge in [-0.3, -0.25) is 4.79 Å². The lowest BCUT2D eigenvalue weighted by atomic mass is 10.1. The van der Waals surface area contributed by atoms with Crippen LogP contribution in [-0.2, 0) is 4.79 Å². The molecule has 1 amide bonds. The first-order valence-corrected chi connectivity index (χ1v) is 10.0. The number of carbonyl (C=O) groups is 1. The molecule has 0 aliphatic heterocycles. The molecule has 0 saturated carbocycles. The Morgan fingerprint density at radius 1 is 1.28 bits per heavy atom. The van der Waals surface area contributed by atoms with Gasteiger partial charge in [0.15, 0.2) is 4.34 Å². The summed E-state index contributed by atoms with van der Waals surface area (Å²) >= 11 is 2.81. The van der Waals surface area contributed by atoms with Crippen molar-refractivity contribution in [2.75, 3.05) is 17.7 Å². The van der Waals surface area contributed by atoms with Crippen LogP contribution in [-0.4, -0.2) is 34.5 Å². The van der Waals surface area contributed by atoms with Gasteiger partial charge in [0.2, 0.25) is 11.0 Å². The van der Waals surface area contributed by atoms with Crippen molar-refractivity contribution in [3.63, 3.8) is 0 Å². The number of hydrogen-bond donors (Lipinski definition) is 2. The maximum atomic E-state index is 11.9.